The summed E-state index contributed by atoms with van der Waals surface area (Å²) in [5.74, 6) is 1.34. The van der Waals surface area contributed by atoms with Gasteiger partial charge in [0.05, 0.1) is 0 Å². The molecule has 0 spiro atoms. The van der Waals surface area contributed by atoms with Crippen molar-refractivity contribution in [3.63, 3.8) is 0 Å². The Morgan fingerprint density at radius 2 is 1.75 bits per heavy atom. The second-order valence-corrected chi connectivity index (χ2v) is 4.08. The smallest absolute Gasteiger partial charge is 0.222 e. The largest absolute Gasteiger partial charge is 0.351 e. The van der Waals surface area contributed by atoms with Crippen LogP contribution in [0.15, 0.2) is 48.8 Å². The maximum atomic E-state index is 4.16. The molecule has 2 aromatic rings. The zero-order valence-corrected chi connectivity index (χ0v) is 8.88. The molecule has 2 atom stereocenters. The zero-order chi connectivity index (χ0) is 10.8. The number of hydrogen-bond acceptors (Lipinski definition) is 3. The molecule has 0 amide bonds. The van der Waals surface area contributed by atoms with Crippen LogP contribution in [0.2, 0.25) is 0 Å². The second kappa shape index (κ2) is 3.93. The number of anilines is 1. The van der Waals surface area contributed by atoms with Gasteiger partial charge in [-0.05, 0) is 18.1 Å². The summed E-state index contributed by atoms with van der Waals surface area (Å²) >= 11 is 0. The van der Waals surface area contributed by atoms with E-state index in [1.54, 1.807) is 12.4 Å². The van der Waals surface area contributed by atoms with E-state index in [2.05, 4.69) is 45.6 Å². The van der Waals surface area contributed by atoms with Gasteiger partial charge in [0.2, 0.25) is 5.95 Å². The number of rotatable bonds is 3. The first-order valence-corrected chi connectivity index (χ1v) is 5.52. The molecule has 3 rings (SSSR count). The Hall–Kier alpha value is -1.90. The van der Waals surface area contributed by atoms with Crippen LogP contribution >= 0.6 is 0 Å². The molecule has 0 aliphatic heterocycles. The Bertz CT molecular complexity index is 455. The lowest BCUT2D eigenvalue weighted by molar-refractivity contribution is 1.00. The van der Waals surface area contributed by atoms with Crippen LogP contribution in [0.1, 0.15) is 17.9 Å². The summed E-state index contributed by atoms with van der Waals surface area (Å²) in [5.41, 5.74) is 1.40. The summed E-state index contributed by atoms with van der Waals surface area (Å²) in [6.45, 7) is 0. The third-order valence-corrected chi connectivity index (χ3v) is 2.90. The number of hydrogen-bond donors (Lipinski definition) is 1. The van der Waals surface area contributed by atoms with Crippen molar-refractivity contribution < 1.29 is 0 Å². The summed E-state index contributed by atoms with van der Waals surface area (Å²) in [6, 6.07) is 12.9. The number of nitrogens with zero attached hydrogens (tertiary/aromatic N) is 2. The predicted octanol–water partition coefficient (Wildman–Crippen LogP) is 2.44. The van der Waals surface area contributed by atoms with E-state index >= 15 is 0 Å². The van der Waals surface area contributed by atoms with Gasteiger partial charge < -0.3 is 5.32 Å². The van der Waals surface area contributed by atoms with Gasteiger partial charge in [0.15, 0.2) is 0 Å². The van der Waals surface area contributed by atoms with E-state index in [9.17, 15) is 0 Å². The molecule has 1 aliphatic carbocycles. The normalized spacial score (nSPS) is 22.8. The van der Waals surface area contributed by atoms with E-state index in [0.29, 0.717) is 12.0 Å². The minimum absolute atomic E-state index is 0.491. The van der Waals surface area contributed by atoms with Gasteiger partial charge in [-0.1, -0.05) is 30.3 Å². The summed E-state index contributed by atoms with van der Waals surface area (Å²) < 4.78 is 0. The van der Waals surface area contributed by atoms with Crippen molar-refractivity contribution in [1.82, 2.24) is 9.97 Å². The van der Waals surface area contributed by atoms with Gasteiger partial charge in [-0.15, -0.1) is 0 Å². The van der Waals surface area contributed by atoms with E-state index in [0.717, 1.165) is 5.95 Å². The molecule has 1 aromatic heterocycles. The van der Waals surface area contributed by atoms with Gasteiger partial charge in [-0.3, -0.25) is 0 Å². The average Bonchev–Trinajstić information content (AvgIpc) is 3.11. The van der Waals surface area contributed by atoms with Gasteiger partial charge in [-0.2, -0.15) is 0 Å². The molecular weight excluding hydrogens is 198 g/mol. The highest BCUT2D eigenvalue weighted by Gasteiger charge is 2.38. The van der Waals surface area contributed by atoms with E-state index in [1.807, 2.05) is 6.07 Å². The topological polar surface area (TPSA) is 37.8 Å². The maximum absolute atomic E-state index is 4.16. The first-order valence-electron chi connectivity index (χ1n) is 5.52. The lowest BCUT2D eigenvalue weighted by atomic mass is 10.1. The van der Waals surface area contributed by atoms with Gasteiger partial charge >= 0.3 is 0 Å². The summed E-state index contributed by atoms with van der Waals surface area (Å²) in [6.07, 6.45) is 4.69. The number of nitrogens with one attached hydrogen (secondary N) is 1. The van der Waals surface area contributed by atoms with Crippen LogP contribution < -0.4 is 5.32 Å². The standard InChI is InChI=1S/C13H13N3/c1-2-5-10(6-3-1)11-9-12(11)16-13-14-7-4-8-15-13/h1-8,11-12H,9H2,(H,14,15,16). The molecule has 80 valence electrons. The quantitative estimate of drug-likeness (QED) is 0.847. The van der Waals surface area contributed by atoms with Crippen molar-refractivity contribution in [3.05, 3.63) is 54.4 Å². The third kappa shape index (κ3) is 1.89. The van der Waals surface area contributed by atoms with Crippen molar-refractivity contribution >= 4 is 5.95 Å². The average molecular weight is 211 g/mol. The van der Waals surface area contributed by atoms with Crippen LogP contribution in [-0.2, 0) is 0 Å². The van der Waals surface area contributed by atoms with Crippen LogP contribution in [0, 0.1) is 0 Å². The van der Waals surface area contributed by atoms with Crippen molar-refractivity contribution in [2.24, 2.45) is 0 Å². The molecular formula is C13H13N3. The lowest BCUT2D eigenvalue weighted by Crippen LogP contribution is -2.06. The molecule has 1 aromatic carbocycles. The SMILES string of the molecule is c1ccc(C2CC2Nc2ncccn2)cc1. The fourth-order valence-electron chi connectivity index (χ4n) is 1.96. The Balaban J connectivity index is 1.65. The van der Waals surface area contributed by atoms with E-state index in [1.165, 1.54) is 12.0 Å². The van der Waals surface area contributed by atoms with Crippen LogP contribution in [-0.4, -0.2) is 16.0 Å². The van der Waals surface area contributed by atoms with Crippen LogP contribution in [0.3, 0.4) is 0 Å². The fraction of sp³-hybridized carbons (Fsp3) is 0.231. The van der Waals surface area contributed by atoms with Crippen LogP contribution in [0.4, 0.5) is 5.95 Å². The molecule has 0 saturated heterocycles. The van der Waals surface area contributed by atoms with E-state index in [-0.39, 0.29) is 0 Å². The van der Waals surface area contributed by atoms with Crippen molar-refractivity contribution in [2.45, 2.75) is 18.4 Å². The molecule has 16 heavy (non-hydrogen) atoms. The first-order chi connectivity index (χ1) is 7.93. The third-order valence-electron chi connectivity index (χ3n) is 2.90. The van der Waals surface area contributed by atoms with Crippen LogP contribution in [0.5, 0.6) is 0 Å². The molecule has 1 fully saturated rings. The zero-order valence-electron chi connectivity index (χ0n) is 8.88. The van der Waals surface area contributed by atoms with Gasteiger partial charge in [0.25, 0.3) is 0 Å². The Labute approximate surface area is 94.6 Å². The molecule has 0 bridgehead atoms. The second-order valence-electron chi connectivity index (χ2n) is 4.08. The first kappa shape index (κ1) is 9.33. The van der Waals surface area contributed by atoms with Crippen molar-refractivity contribution in [3.8, 4) is 0 Å². The molecule has 2 unspecified atom stereocenters. The molecule has 0 radical (unpaired) electrons. The molecule has 1 heterocycles. The van der Waals surface area contributed by atoms with Crippen LogP contribution in [0.25, 0.3) is 0 Å². The fourth-order valence-corrected chi connectivity index (χ4v) is 1.96. The molecule has 1 saturated carbocycles. The molecule has 3 heteroatoms. The minimum Gasteiger partial charge on any atom is -0.351 e. The Morgan fingerprint density at radius 3 is 2.50 bits per heavy atom. The van der Waals surface area contributed by atoms with Crippen molar-refractivity contribution in [1.29, 1.82) is 0 Å². The Kier molecular flexibility index (Phi) is 2.29. The number of benzene rings is 1. The highest BCUT2D eigenvalue weighted by molar-refractivity contribution is 5.36. The number of aromatic nitrogens is 2. The summed E-state index contributed by atoms with van der Waals surface area (Å²) in [7, 11) is 0. The highest BCUT2D eigenvalue weighted by Crippen LogP contribution is 2.42. The monoisotopic (exact) mass is 211 g/mol. The summed E-state index contributed by atoms with van der Waals surface area (Å²) in [5, 5.41) is 3.34. The van der Waals surface area contributed by atoms with Crippen molar-refractivity contribution in [2.75, 3.05) is 5.32 Å². The minimum atomic E-state index is 0.491. The maximum Gasteiger partial charge on any atom is 0.222 e. The highest BCUT2D eigenvalue weighted by atomic mass is 15.1. The summed E-state index contributed by atoms with van der Waals surface area (Å²) in [4.78, 5) is 8.33. The molecule has 1 N–H and O–H groups in total. The van der Waals surface area contributed by atoms with E-state index in [4.69, 9.17) is 0 Å². The van der Waals surface area contributed by atoms with E-state index < -0.39 is 0 Å². The molecule has 1 aliphatic rings. The molecule has 3 nitrogen and oxygen atoms in total. The Morgan fingerprint density at radius 1 is 1.00 bits per heavy atom. The predicted molar refractivity (Wildman–Crippen MR) is 63.2 cm³/mol. The van der Waals surface area contributed by atoms with Gasteiger partial charge in [-0.25, -0.2) is 9.97 Å². The van der Waals surface area contributed by atoms with Gasteiger partial charge in [0.1, 0.15) is 0 Å². The van der Waals surface area contributed by atoms with Gasteiger partial charge in [0, 0.05) is 24.4 Å². The lowest BCUT2D eigenvalue weighted by Gasteiger charge is -2.03.